The van der Waals surface area contributed by atoms with Crippen molar-refractivity contribution >= 4 is 27.7 Å². The standard InChI is InChI=1S/C10H17BrO3/c1-3-14-10(13)9(11)7-5-4-6-8(2)12/h9H,3-7H2,1-2H3. The van der Waals surface area contributed by atoms with Crippen LogP contribution in [0.2, 0.25) is 0 Å². The van der Waals surface area contributed by atoms with Gasteiger partial charge < -0.3 is 9.53 Å². The van der Waals surface area contributed by atoms with E-state index < -0.39 is 0 Å². The minimum atomic E-state index is -0.227. The number of carbonyl (C=O) groups excluding carboxylic acids is 2. The van der Waals surface area contributed by atoms with E-state index in [9.17, 15) is 9.59 Å². The van der Waals surface area contributed by atoms with Crippen LogP contribution in [-0.4, -0.2) is 23.2 Å². The van der Waals surface area contributed by atoms with Crippen molar-refractivity contribution in [3.05, 3.63) is 0 Å². The molecule has 3 nitrogen and oxygen atoms in total. The zero-order valence-corrected chi connectivity index (χ0v) is 10.3. The van der Waals surface area contributed by atoms with Gasteiger partial charge in [-0.05, 0) is 26.7 Å². The topological polar surface area (TPSA) is 43.4 Å². The fraction of sp³-hybridized carbons (Fsp3) is 0.800. The first kappa shape index (κ1) is 13.6. The molecular formula is C10H17BrO3. The van der Waals surface area contributed by atoms with Gasteiger partial charge in [0.15, 0.2) is 0 Å². The van der Waals surface area contributed by atoms with Crippen molar-refractivity contribution in [3.63, 3.8) is 0 Å². The lowest BCUT2D eigenvalue weighted by Crippen LogP contribution is -2.17. The van der Waals surface area contributed by atoms with Crippen LogP contribution in [0.15, 0.2) is 0 Å². The minimum absolute atomic E-state index is 0.201. The highest BCUT2D eigenvalue weighted by Gasteiger charge is 2.14. The number of esters is 1. The number of halogens is 1. The first-order valence-electron chi connectivity index (χ1n) is 4.88. The number of alkyl halides is 1. The van der Waals surface area contributed by atoms with Crippen LogP contribution >= 0.6 is 15.9 Å². The lowest BCUT2D eigenvalue weighted by Gasteiger charge is -2.07. The molecule has 0 aromatic heterocycles. The molecule has 0 saturated heterocycles. The maximum Gasteiger partial charge on any atom is 0.319 e. The van der Waals surface area contributed by atoms with E-state index in [0.29, 0.717) is 13.0 Å². The molecule has 82 valence electrons. The molecule has 1 unspecified atom stereocenters. The predicted molar refractivity (Wildman–Crippen MR) is 58.5 cm³/mol. The van der Waals surface area contributed by atoms with Crippen LogP contribution in [0.3, 0.4) is 0 Å². The predicted octanol–water partition coefficient (Wildman–Crippen LogP) is 2.46. The van der Waals surface area contributed by atoms with Crippen LogP contribution in [0.25, 0.3) is 0 Å². The molecule has 0 amide bonds. The maximum atomic E-state index is 11.1. The van der Waals surface area contributed by atoms with Crippen molar-refractivity contribution in [1.29, 1.82) is 0 Å². The van der Waals surface area contributed by atoms with Crippen LogP contribution in [-0.2, 0) is 14.3 Å². The van der Waals surface area contributed by atoms with Gasteiger partial charge in [0.1, 0.15) is 10.6 Å². The monoisotopic (exact) mass is 264 g/mol. The Hall–Kier alpha value is -0.380. The quantitative estimate of drug-likeness (QED) is 0.403. The van der Waals surface area contributed by atoms with E-state index in [1.807, 2.05) is 0 Å². The molecule has 0 aliphatic heterocycles. The van der Waals surface area contributed by atoms with Gasteiger partial charge in [-0.1, -0.05) is 22.4 Å². The van der Waals surface area contributed by atoms with Crippen molar-refractivity contribution in [1.82, 2.24) is 0 Å². The van der Waals surface area contributed by atoms with E-state index in [1.165, 1.54) is 0 Å². The maximum absolute atomic E-state index is 11.1. The van der Waals surface area contributed by atoms with E-state index >= 15 is 0 Å². The Balaban J connectivity index is 3.48. The molecule has 0 aliphatic rings. The Morgan fingerprint density at radius 3 is 2.50 bits per heavy atom. The Bertz CT molecular complexity index is 192. The largest absolute Gasteiger partial charge is 0.465 e. The molecular weight excluding hydrogens is 248 g/mol. The third-order valence-corrected chi connectivity index (χ3v) is 2.61. The van der Waals surface area contributed by atoms with Gasteiger partial charge in [-0.25, -0.2) is 0 Å². The van der Waals surface area contributed by atoms with Gasteiger partial charge >= 0.3 is 5.97 Å². The number of Topliss-reactive ketones (excluding diaryl/α,β-unsaturated/α-hetero) is 1. The average molecular weight is 265 g/mol. The molecule has 0 spiro atoms. The second-order valence-electron chi connectivity index (χ2n) is 3.17. The minimum Gasteiger partial charge on any atom is -0.465 e. The smallest absolute Gasteiger partial charge is 0.319 e. The van der Waals surface area contributed by atoms with Gasteiger partial charge in [-0.2, -0.15) is 0 Å². The normalized spacial score (nSPS) is 12.2. The summed E-state index contributed by atoms with van der Waals surface area (Å²) < 4.78 is 4.83. The zero-order valence-electron chi connectivity index (χ0n) is 8.72. The fourth-order valence-corrected chi connectivity index (χ4v) is 1.50. The van der Waals surface area contributed by atoms with Crippen molar-refractivity contribution in [2.24, 2.45) is 0 Å². The van der Waals surface area contributed by atoms with E-state index in [2.05, 4.69) is 15.9 Å². The van der Waals surface area contributed by atoms with Gasteiger partial charge in [-0.3, -0.25) is 4.79 Å². The highest BCUT2D eigenvalue weighted by atomic mass is 79.9. The molecule has 0 heterocycles. The molecule has 0 aliphatic carbocycles. The highest BCUT2D eigenvalue weighted by Crippen LogP contribution is 2.12. The van der Waals surface area contributed by atoms with Gasteiger partial charge in [0.25, 0.3) is 0 Å². The summed E-state index contributed by atoms with van der Waals surface area (Å²) in [5.41, 5.74) is 0. The van der Waals surface area contributed by atoms with Crippen LogP contribution in [0.5, 0.6) is 0 Å². The molecule has 14 heavy (non-hydrogen) atoms. The molecule has 0 bridgehead atoms. The van der Waals surface area contributed by atoms with Crippen molar-refractivity contribution < 1.29 is 14.3 Å². The number of rotatable bonds is 7. The summed E-state index contributed by atoms with van der Waals surface area (Å²) in [5, 5.41) is 0. The number of carbonyl (C=O) groups is 2. The summed E-state index contributed by atoms with van der Waals surface area (Å²) in [7, 11) is 0. The molecule has 0 radical (unpaired) electrons. The van der Waals surface area contributed by atoms with Crippen molar-refractivity contribution in [3.8, 4) is 0 Å². The fourth-order valence-electron chi connectivity index (χ4n) is 1.05. The summed E-state index contributed by atoms with van der Waals surface area (Å²) in [6.07, 6.45) is 3.04. The Morgan fingerprint density at radius 1 is 1.36 bits per heavy atom. The first-order chi connectivity index (χ1) is 6.57. The molecule has 4 heteroatoms. The summed E-state index contributed by atoms with van der Waals surface area (Å²) in [5.74, 6) is -0.0115. The lowest BCUT2D eigenvalue weighted by atomic mass is 10.1. The van der Waals surface area contributed by atoms with Crippen LogP contribution < -0.4 is 0 Å². The summed E-state index contributed by atoms with van der Waals surface area (Å²) in [4.78, 5) is 21.5. The molecule has 0 rings (SSSR count). The Kier molecular flexibility index (Phi) is 7.76. The van der Waals surface area contributed by atoms with Crippen LogP contribution in [0.4, 0.5) is 0 Å². The Labute approximate surface area is 93.3 Å². The van der Waals surface area contributed by atoms with E-state index in [0.717, 1.165) is 19.3 Å². The zero-order chi connectivity index (χ0) is 11.0. The third kappa shape index (κ3) is 7.06. The number of hydrogen-bond donors (Lipinski definition) is 0. The average Bonchev–Trinajstić information content (AvgIpc) is 2.12. The molecule has 1 atom stereocenters. The van der Waals surface area contributed by atoms with Crippen LogP contribution in [0, 0.1) is 0 Å². The van der Waals surface area contributed by atoms with Crippen molar-refractivity contribution in [2.45, 2.75) is 44.4 Å². The SMILES string of the molecule is CCOC(=O)C(Br)CCCCC(C)=O. The summed E-state index contributed by atoms with van der Waals surface area (Å²) in [6, 6.07) is 0. The van der Waals surface area contributed by atoms with Gasteiger partial charge in [0, 0.05) is 6.42 Å². The molecule has 0 N–H and O–H groups in total. The summed E-state index contributed by atoms with van der Waals surface area (Å²) in [6.45, 7) is 3.78. The second kappa shape index (κ2) is 7.97. The molecule has 0 saturated carbocycles. The van der Waals surface area contributed by atoms with Gasteiger partial charge in [-0.15, -0.1) is 0 Å². The summed E-state index contributed by atoms with van der Waals surface area (Å²) >= 11 is 3.25. The third-order valence-electron chi connectivity index (χ3n) is 1.78. The lowest BCUT2D eigenvalue weighted by molar-refractivity contribution is -0.142. The highest BCUT2D eigenvalue weighted by molar-refractivity contribution is 9.10. The number of unbranched alkanes of at least 4 members (excludes halogenated alkanes) is 1. The molecule has 0 aromatic carbocycles. The van der Waals surface area contributed by atoms with Crippen LogP contribution in [0.1, 0.15) is 39.5 Å². The van der Waals surface area contributed by atoms with E-state index in [-0.39, 0.29) is 16.6 Å². The van der Waals surface area contributed by atoms with Gasteiger partial charge in [0.2, 0.25) is 0 Å². The van der Waals surface area contributed by atoms with E-state index in [4.69, 9.17) is 4.74 Å². The van der Waals surface area contributed by atoms with Crippen molar-refractivity contribution in [2.75, 3.05) is 6.61 Å². The number of ether oxygens (including phenoxy) is 1. The molecule has 0 fully saturated rings. The van der Waals surface area contributed by atoms with E-state index in [1.54, 1.807) is 13.8 Å². The Morgan fingerprint density at radius 2 is 2.00 bits per heavy atom. The molecule has 0 aromatic rings. The first-order valence-corrected chi connectivity index (χ1v) is 5.79. The number of ketones is 1. The number of hydrogen-bond acceptors (Lipinski definition) is 3. The van der Waals surface area contributed by atoms with Gasteiger partial charge in [0.05, 0.1) is 6.61 Å². The second-order valence-corrected chi connectivity index (χ2v) is 4.27.